The van der Waals surface area contributed by atoms with E-state index in [2.05, 4.69) is 19.2 Å². The molecule has 17 heavy (non-hydrogen) atoms. The van der Waals surface area contributed by atoms with Crippen molar-refractivity contribution in [3.63, 3.8) is 0 Å². The fraction of sp³-hybridized carbons (Fsp3) is 0.538. The number of hydrogen-bond acceptors (Lipinski definition) is 2. The molecule has 1 N–H and O–H groups in total. The van der Waals surface area contributed by atoms with Gasteiger partial charge in [0.15, 0.2) is 5.82 Å². The van der Waals surface area contributed by atoms with Crippen LogP contribution in [0.2, 0.25) is 5.02 Å². The van der Waals surface area contributed by atoms with E-state index in [1.807, 2.05) is 0 Å². The van der Waals surface area contributed by atoms with Gasteiger partial charge < -0.3 is 10.1 Å². The first kappa shape index (κ1) is 12.7. The summed E-state index contributed by atoms with van der Waals surface area (Å²) in [6.45, 7) is 4.76. The van der Waals surface area contributed by atoms with E-state index in [1.165, 1.54) is 6.07 Å². The lowest BCUT2D eigenvalue weighted by Gasteiger charge is -2.20. The van der Waals surface area contributed by atoms with E-state index in [-0.39, 0.29) is 16.7 Å². The van der Waals surface area contributed by atoms with Crippen molar-refractivity contribution in [3.05, 3.63) is 29.0 Å². The highest BCUT2D eigenvalue weighted by Crippen LogP contribution is 2.30. The summed E-state index contributed by atoms with van der Waals surface area (Å²) in [4.78, 5) is 0. The maximum atomic E-state index is 13.6. The zero-order chi connectivity index (χ0) is 12.5. The molecule has 0 saturated carbocycles. The molecule has 0 radical (unpaired) electrons. The normalized spacial score (nSPS) is 22.7. The van der Waals surface area contributed by atoms with Crippen molar-refractivity contribution in [1.29, 1.82) is 0 Å². The number of ether oxygens (including phenoxy) is 1. The highest BCUT2D eigenvalue weighted by molar-refractivity contribution is 6.31. The molecule has 0 spiro atoms. The molecule has 0 bridgehead atoms. The van der Waals surface area contributed by atoms with Crippen LogP contribution >= 0.6 is 11.6 Å². The fourth-order valence-electron chi connectivity index (χ4n) is 2.09. The second-order valence-electron chi connectivity index (χ2n) is 5.02. The molecule has 1 fully saturated rings. The fourth-order valence-corrected chi connectivity index (χ4v) is 2.26. The van der Waals surface area contributed by atoms with E-state index in [1.54, 1.807) is 12.1 Å². The van der Waals surface area contributed by atoms with Gasteiger partial charge in [-0.15, -0.1) is 0 Å². The molecular weight excluding hydrogens is 241 g/mol. The van der Waals surface area contributed by atoms with Crippen molar-refractivity contribution in [2.45, 2.75) is 38.4 Å². The van der Waals surface area contributed by atoms with Gasteiger partial charge in [0.25, 0.3) is 0 Å². The first-order chi connectivity index (χ1) is 7.98. The van der Waals surface area contributed by atoms with Crippen LogP contribution in [0.3, 0.4) is 0 Å². The molecule has 1 aliphatic heterocycles. The topological polar surface area (TPSA) is 21.3 Å². The lowest BCUT2D eigenvalue weighted by molar-refractivity contribution is -0.00912. The Kier molecular flexibility index (Phi) is 3.59. The van der Waals surface area contributed by atoms with Gasteiger partial charge in [0, 0.05) is 6.54 Å². The van der Waals surface area contributed by atoms with Gasteiger partial charge in [-0.05, 0) is 38.8 Å². The summed E-state index contributed by atoms with van der Waals surface area (Å²) in [5.41, 5.74) is 0.380. The van der Waals surface area contributed by atoms with Crippen molar-refractivity contribution in [1.82, 2.24) is 0 Å². The van der Waals surface area contributed by atoms with E-state index in [4.69, 9.17) is 16.3 Å². The predicted octanol–water partition coefficient (Wildman–Crippen LogP) is 3.85. The van der Waals surface area contributed by atoms with Gasteiger partial charge in [-0.2, -0.15) is 0 Å². The first-order valence-electron chi connectivity index (χ1n) is 5.84. The van der Waals surface area contributed by atoms with Crippen molar-refractivity contribution in [2.75, 3.05) is 11.9 Å². The zero-order valence-corrected chi connectivity index (χ0v) is 10.9. The van der Waals surface area contributed by atoms with Gasteiger partial charge in [0.1, 0.15) is 0 Å². The average molecular weight is 258 g/mol. The zero-order valence-electron chi connectivity index (χ0n) is 10.1. The summed E-state index contributed by atoms with van der Waals surface area (Å²) in [6, 6.07) is 4.95. The molecule has 0 aromatic heterocycles. The van der Waals surface area contributed by atoms with Crippen LogP contribution in [0.5, 0.6) is 0 Å². The third-order valence-electron chi connectivity index (χ3n) is 3.03. The van der Waals surface area contributed by atoms with Gasteiger partial charge in [0.2, 0.25) is 0 Å². The highest BCUT2D eigenvalue weighted by atomic mass is 35.5. The molecule has 1 aromatic carbocycles. The van der Waals surface area contributed by atoms with Gasteiger partial charge in [-0.3, -0.25) is 0 Å². The molecule has 1 saturated heterocycles. The van der Waals surface area contributed by atoms with Gasteiger partial charge in [-0.25, -0.2) is 4.39 Å². The molecule has 0 aliphatic carbocycles. The third-order valence-corrected chi connectivity index (χ3v) is 3.32. The van der Waals surface area contributed by atoms with E-state index >= 15 is 0 Å². The first-order valence-corrected chi connectivity index (χ1v) is 6.21. The summed E-state index contributed by atoms with van der Waals surface area (Å²) in [5, 5.41) is 3.19. The molecule has 94 valence electrons. The quantitative estimate of drug-likeness (QED) is 0.888. The SMILES string of the molecule is CC1(C)CCC(CNc2cccc(Cl)c2F)O1. The Labute approximate surface area is 106 Å². The largest absolute Gasteiger partial charge is 0.380 e. The average Bonchev–Trinajstić information content (AvgIpc) is 2.61. The van der Waals surface area contributed by atoms with Crippen molar-refractivity contribution in [3.8, 4) is 0 Å². The van der Waals surface area contributed by atoms with Crippen LogP contribution < -0.4 is 5.32 Å². The van der Waals surface area contributed by atoms with Gasteiger partial charge >= 0.3 is 0 Å². The van der Waals surface area contributed by atoms with Crippen LogP contribution in [0.4, 0.5) is 10.1 Å². The van der Waals surface area contributed by atoms with Crippen molar-refractivity contribution < 1.29 is 9.13 Å². The number of hydrogen-bond donors (Lipinski definition) is 1. The second kappa shape index (κ2) is 4.83. The monoisotopic (exact) mass is 257 g/mol. The lowest BCUT2D eigenvalue weighted by atomic mass is 10.1. The molecule has 0 amide bonds. The summed E-state index contributed by atoms with van der Waals surface area (Å²) in [7, 11) is 0. The molecule has 2 rings (SSSR count). The highest BCUT2D eigenvalue weighted by Gasteiger charge is 2.31. The van der Waals surface area contributed by atoms with Crippen LogP contribution in [0.15, 0.2) is 18.2 Å². The van der Waals surface area contributed by atoms with Crippen molar-refractivity contribution in [2.24, 2.45) is 0 Å². The minimum Gasteiger partial charge on any atom is -0.380 e. The molecule has 1 aromatic rings. The molecule has 1 heterocycles. The summed E-state index contributed by atoms with van der Waals surface area (Å²) in [5.74, 6) is -0.397. The second-order valence-corrected chi connectivity index (χ2v) is 5.43. The maximum Gasteiger partial charge on any atom is 0.164 e. The van der Waals surface area contributed by atoms with E-state index in [0.717, 1.165) is 12.8 Å². The molecule has 1 unspecified atom stereocenters. The van der Waals surface area contributed by atoms with Crippen LogP contribution in [0, 0.1) is 5.82 Å². The van der Waals surface area contributed by atoms with E-state index in [0.29, 0.717) is 12.2 Å². The Morgan fingerprint density at radius 3 is 2.94 bits per heavy atom. The Bertz CT molecular complexity index is 408. The predicted molar refractivity (Wildman–Crippen MR) is 68.1 cm³/mol. The number of rotatable bonds is 3. The molecule has 1 aliphatic rings. The minimum atomic E-state index is -0.397. The number of anilines is 1. The summed E-state index contributed by atoms with van der Waals surface area (Å²) in [6.07, 6.45) is 2.18. The summed E-state index contributed by atoms with van der Waals surface area (Å²) >= 11 is 5.71. The Balaban J connectivity index is 1.93. The summed E-state index contributed by atoms with van der Waals surface area (Å²) < 4.78 is 19.4. The smallest absolute Gasteiger partial charge is 0.164 e. The third kappa shape index (κ3) is 3.11. The molecule has 4 heteroatoms. The number of halogens is 2. The Hall–Kier alpha value is -0.800. The van der Waals surface area contributed by atoms with Crippen LogP contribution in [0.1, 0.15) is 26.7 Å². The number of benzene rings is 1. The van der Waals surface area contributed by atoms with Crippen LogP contribution in [-0.2, 0) is 4.74 Å². The van der Waals surface area contributed by atoms with Crippen LogP contribution in [-0.4, -0.2) is 18.2 Å². The Morgan fingerprint density at radius 1 is 1.53 bits per heavy atom. The molecular formula is C13H17ClFNO. The minimum absolute atomic E-state index is 0.0563. The van der Waals surface area contributed by atoms with E-state index < -0.39 is 5.82 Å². The molecule has 2 nitrogen and oxygen atoms in total. The van der Waals surface area contributed by atoms with Gasteiger partial charge in [0.05, 0.1) is 22.4 Å². The van der Waals surface area contributed by atoms with Crippen molar-refractivity contribution >= 4 is 17.3 Å². The Morgan fingerprint density at radius 2 is 2.29 bits per heavy atom. The maximum absolute atomic E-state index is 13.6. The van der Waals surface area contributed by atoms with E-state index in [9.17, 15) is 4.39 Å². The lowest BCUT2D eigenvalue weighted by Crippen LogP contribution is -2.25. The van der Waals surface area contributed by atoms with Gasteiger partial charge in [-0.1, -0.05) is 17.7 Å². The number of nitrogens with one attached hydrogen (secondary N) is 1. The molecule has 1 atom stereocenters. The van der Waals surface area contributed by atoms with Crippen LogP contribution in [0.25, 0.3) is 0 Å². The standard InChI is InChI=1S/C13H17ClFNO/c1-13(2)7-6-9(17-13)8-16-11-5-3-4-10(14)12(11)15/h3-5,9,16H,6-8H2,1-2H3.